The van der Waals surface area contributed by atoms with Crippen LogP contribution in [-0.4, -0.2) is 66.7 Å². The average Bonchev–Trinajstić information content (AvgIpc) is 3.62. The molecular weight excluding hydrogens is 771 g/mol. The van der Waals surface area contributed by atoms with Crippen molar-refractivity contribution in [3.8, 4) is 0 Å². The van der Waals surface area contributed by atoms with Crippen LogP contribution >= 0.6 is 0 Å². The SMILES string of the molecule is CCCCCCCCC(CCCCCCCC)C(=O)OCCCCCCCN(CCO)CCCCCCC(=O)OC1CCC2(C)C(CCC3C2CCC2(C)C(C(C)=O)CCC32)C1. The highest BCUT2D eigenvalue weighted by molar-refractivity contribution is 5.79. The van der Waals surface area contributed by atoms with Crippen LogP contribution in [0.2, 0.25) is 0 Å². The Bertz CT molecular complexity index is 1240. The van der Waals surface area contributed by atoms with Gasteiger partial charge in [-0.2, -0.15) is 0 Å². The zero-order valence-electron chi connectivity index (χ0n) is 41.3. The maximum absolute atomic E-state index is 13.0. The number of aliphatic hydroxyl groups is 1. The number of fused-ring (bicyclic) bond motifs is 5. The van der Waals surface area contributed by atoms with Crippen LogP contribution in [0.1, 0.15) is 247 Å². The Hall–Kier alpha value is -1.47. The van der Waals surface area contributed by atoms with E-state index in [9.17, 15) is 19.5 Å². The fourth-order valence-corrected chi connectivity index (χ4v) is 13.7. The lowest BCUT2D eigenvalue weighted by atomic mass is 9.44. The van der Waals surface area contributed by atoms with E-state index in [0.717, 1.165) is 128 Å². The van der Waals surface area contributed by atoms with Crippen molar-refractivity contribution in [1.82, 2.24) is 4.90 Å². The lowest BCUT2D eigenvalue weighted by Crippen LogP contribution is -2.54. The van der Waals surface area contributed by atoms with E-state index in [2.05, 4.69) is 32.6 Å². The van der Waals surface area contributed by atoms with Crippen molar-refractivity contribution in [3.05, 3.63) is 0 Å². The summed E-state index contributed by atoms with van der Waals surface area (Å²) in [4.78, 5) is 41.0. The largest absolute Gasteiger partial charge is 0.465 e. The van der Waals surface area contributed by atoms with Gasteiger partial charge < -0.3 is 19.5 Å². The highest BCUT2D eigenvalue weighted by Gasteiger charge is 2.61. The summed E-state index contributed by atoms with van der Waals surface area (Å²) in [6, 6.07) is 0. The maximum atomic E-state index is 13.0. The Kier molecular flexibility index (Phi) is 25.1. The fourth-order valence-electron chi connectivity index (χ4n) is 13.7. The van der Waals surface area contributed by atoms with Gasteiger partial charge in [-0.25, -0.2) is 0 Å². The highest BCUT2D eigenvalue weighted by Crippen LogP contribution is 2.67. The van der Waals surface area contributed by atoms with Gasteiger partial charge in [-0.1, -0.05) is 137 Å². The van der Waals surface area contributed by atoms with Gasteiger partial charge >= 0.3 is 11.9 Å². The van der Waals surface area contributed by atoms with E-state index in [4.69, 9.17) is 9.47 Å². The van der Waals surface area contributed by atoms with Gasteiger partial charge in [-0.3, -0.25) is 14.4 Å². The number of Topliss-reactive ketones (excluding diaryl/α,β-unsaturated/α-hetero) is 1. The van der Waals surface area contributed by atoms with Crippen LogP contribution < -0.4 is 0 Å². The van der Waals surface area contributed by atoms with E-state index in [1.54, 1.807) is 0 Å². The number of ketones is 1. The van der Waals surface area contributed by atoms with E-state index in [1.165, 1.54) is 109 Å². The first-order valence-electron chi connectivity index (χ1n) is 27.3. The van der Waals surface area contributed by atoms with Gasteiger partial charge in [0.1, 0.15) is 11.9 Å². The molecule has 0 aliphatic heterocycles. The number of aliphatic hydroxyl groups excluding tert-OH is 1. The molecule has 7 nitrogen and oxygen atoms in total. The predicted molar refractivity (Wildman–Crippen MR) is 256 cm³/mol. The third-order valence-electron chi connectivity index (χ3n) is 17.4. The van der Waals surface area contributed by atoms with E-state index in [-0.39, 0.29) is 41.9 Å². The quantitative estimate of drug-likeness (QED) is 0.0508. The molecule has 4 fully saturated rings. The van der Waals surface area contributed by atoms with Gasteiger partial charge in [0.15, 0.2) is 0 Å². The molecule has 0 aromatic carbocycles. The van der Waals surface area contributed by atoms with Gasteiger partial charge in [-0.15, -0.1) is 0 Å². The normalized spacial score (nSPS) is 28.1. The van der Waals surface area contributed by atoms with Crippen molar-refractivity contribution >= 4 is 17.7 Å². The lowest BCUT2D eigenvalue weighted by Gasteiger charge is -2.61. The number of hydrogen-bond acceptors (Lipinski definition) is 7. The first-order valence-corrected chi connectivity index (χ1v) is 27.3. The van der Waals surface area contributed by atoms with Gasteiger partial charge in [0.05, 0.1) is 19.1 Å². The van der Waals surface area contributed by atoms with Crippen LogP contribution in [-0.2, 0) is 23.9 Å². The van der Waals surface area contributed by atoms with Crippen molar-refractivity contribution in [2.45, 2.75) is 253 Å². The van der Waals surface area contributed by atoms with Crippen molar-refractivity contribution < 1.29 is 29.0 Å². The molecule has 4 aliphatic rings. The van der Waals surface area contributed by atoms with E-state index in [0.29, 0.717) is 36.1 Å². The number of carbonyl (C=O) groups excluding carboxylic acids is 3. The number of esters is 2. The molecule has 62 heavy (non-hydrogen) atoms. The molecule has 4 rings (SSSR count). The Morgan fingerprint density at radius 2 is 1.19 bits per heavy atom. The molecule has 0 saturated heterocycles. The first kappa shape index (κ1) is 53.1. The second-order valence-corrected chi connectivity index (χ2v) is 21.8. The van der Waals surface area contributed by atoms with E-state index >= 15 is 0 Å². The summed E-state index contributed by atoms with van der Waals surface area (Å²) in [5.74, 6) is 3.73. The van der Waals surface area contributed by atoms with Crippen LogP contribution in [0.25, 0.3) is 0 Å². The van der Waals surface area contributed by atoms with Gasteiger partial charge in [-0.05, 0) is 151 Å². The number of hydrogen-bond donors (Lipinski definition) is 1. The second kappa shape index (κ2) is 29.2. The van der Waals surface area contributed by atoms with Crippen LogP contribution in [0.15, 0.2) is 0 Å². The first-order chi connectivity index (χ1) is 30.1. The Balaban J connectivity index is 1.01. The third kappa shape index (κ3) is 16.8. The molecule has 0 bridgehead atoms. The fraction of sp³-hybridized carbons (Fsp3) is 0.945. The molecule has 360 valence electrons. The molecule has 7 heteroatoms. The number of ether oxygens (including phenoxy) is 2. The summed E-state index contributed by atoms with van der Waals surface area (Å²) < 4.78 is 12.0. The molecule has 8 unspecified atom stereocenters. The smallest absolute Gasteiger partial charge is 0.308 e. The van der Waals surface area contributed by atoms with Crippen molar-refractivity contribution in [3.63, 3.8) is 0 Å². The van der Waals surface area contributed by atoms with E-state index in [1.807, 2.05) is 6.92 Å². The molecule has 0 amide bonds. The van der Waals surface area contributed by atoms with Crippen LogP contribution in [0, 0.1) is 46.3 Å². The van der Waals surface area contributed by atoms with Crippen LogP contribution in [0.3, 0.4) is 0 Å². The molecule has 0 radical (unpaired) electrons. The summed E-state index contributed by atoms with van der Waals surface area (Å²) >= 11 is 0. The summed E-state index contributed by atoms with van der Waals surface area (Å²) in [6.07, 6.45) is 38.0. The average molecular weight is 870 g/mol. The minimum Gasteiger partial charge on any atom is -0.465 e. The highest BCUT2D eigenvalue weighted by atomic mass is 16.5. The minimum atomic E-state index is -0.00166. The van der Waals surface area contributed by atoms with Crippen LogP contribution in [0.4, 0.5) is 0 Å². The van der Waals surface area contributed by atoms with Crippen LogP contribution in [0.5, 0.6) is 0 Å². The summed E-state index contributed by atoms with van der Waals surface area (Å²) in [5, 5.41) is 9.69. The molecule has 0 heterocycles. The third-order valence-corrected chi connectivity index (χ3v) is 17.4. The zero-order valence-corrected chi connectivity index (χ0v) is 41.3. The molecule has 4 saturated carbocycles. The number of unbranched alkanes of at least 4 members (excludes halogenated alkanes) is 17. The summed E-state index contributed by atoms with van der Waals surface area (Å²) in [7, 11) is 0. The van der Waals surface area contributed by atoms with Gasteiger partial charge in [0, 0.05) is 18.9 Å². The molecule has 0 spiro atoms. The van der Waals surface area contributed by atoms with E-state index < -0.39 is 0 Å². The standard InChI is InChI=1S/C55H99NO6/c1-6-8-10-12-15-21-27-45(28-22-16-13-11-9-7-2)53(60)61-42-26-20-14-18-24-38-56(40-41-57)39-25-19-17-23-29-52(59)62-47-34-36-54(4)46(43-47)30-31-48-50-33-32-49(44(3)58)55(50,5)37-35-51(48)54/h45-51,57H,6-43H2,1-5H3. The predicted octanol–water partition coefficient (Wildman–Crippen LogP) is 14.0. The Morgan fingerprint density at radius 1 is 0.629 bits per heavy atom. The molecule has 1 N–H and O–H groups in total. The molecule has 4 aliphatic carbocycles. The molecule has 0 aromatic heterocycles. The molecular formula is C55H99NO6. The van der Waals surface area contributed by atoms with Crippen molar-refractivity contribution in [2.75, 3.05) is 32.8 Å². The summed E-state index contributed by atoms with van der Waals surface area (Å²) in [6.45, 7) is 14.9. The zero-order chi connectivity index (χ0) is 44.6. The Morgan fingerprint density at radius 3 is 1.82 bits per heavy atom. The maximum Gasteiger partial charge on any atom is 0.308 e. The number of rotatable bonds is 34. The number of nitrogens with zero attached hydrogens (tertiary/aromatic N) is 1. The summed E-state index contributed by atoms with van der Waals surface area (Å²) in [5.41, 5.74) is 0.569. The van der Waals surface area contributed by atoms with Crippen molar-refractivity contribution in [2.24, 2.45) is 46.3 Å². The van der Waals surface area contributed by atoms with Gasteiger partial charge in [0.2, 0.25) is 0 Å². The van der Waals surface area contributed by atoms with Gasteiger partial charge in [0.25, 0.3) is 0 Å². The second-order valence-electron chi connectivity index (χ2n) is 21.8. The monoisotopic (exact) mass is 870 g/mol. The molecule has 8 atom stereocenters. The number of carbonyl (C=O) groups is 3. The lowest BCUT2D eigenvalue weighted by molar-refractivity contribution is -0.163. The topological polar surface area (TPSA) is 93.1 Å². The Labute approximate surface area is 382 Å². The van der Waals surface area contributed by atoms with Crippen molar-refractivity contribution in [1.29, 1.82) is 0 Å². The molecule has 0 aromatic rings. The minimum absolute atomic E-state index is 0.00166.